The average molecular weight is 442 g/mol. The molecular formula is C20H23FN8O3. The third-order valence-corrected chi connectivity index (χ3v) is 5.47. The third kappa shape index (κ3) is 4.54. The highest BCUT2D eigenvalue weighted by molar-refractivity contribution is 5.98. The molecule has 0 spiro atoms. The molecule has 0 bridgehead atoms. The van der Waals surface area contributed by atoms with Crippen LogP contribution in [0.3, 0.4) is 0 Å². The first-order valence-electron chi connectivity index (χ1n) is 10.0. The number of halogens is 1. The predicted octanol–water partition coefficient (Wildman–Crippen LogP) is 1.94. The minimum atomic E-state index is -1.00. The second-order valence-corrected chi connectivity index (χ2v) is 7.55. The van der Waals surface area contributed by atoms with E-state index in [4.69, 9.17) is 16.0 Å². The van der Waals surface area contributed by atoms with Crippen molar-refractivity contribution in [2.75, 3.05) is 18.4 Å². The number of nitrogens with one attached hydrogen (secondary N) is 2. The van der Waals surface area contributed by atoms with E-state index in [9.17, 15) is 9.18 Å². The molecule has 4 rings (SSSR count). The number of oxime groups is 1. The Morgan fingerprint density at radius 3 is 2.81 bits per heavy atom. The summed E-state index contributed by atoms with van der Waals surface area (Å²) in [5.41, 5.74) is 7.76. The fourth-order valence-electron chi connectivity index (χ4n) is 3.85. The molecule has 0 aliphatic carbocycles. The third-order valence-electron chi connectivity index (χ3n) is 5.47. The Bertz CT molecular complexity index is 1160. The van der Waals surface area contributed by atoms with E-state index < -0.39 is 11.9 Å². The van der Waals surface area contributed by atoms with Gasteiger partial charge in [0.15, 0.2) is 11.7 Å². The summed E-state index contributed by atoms with van der Waals surface area (Å²) in [6.07, 6.45) is 3.63. The average Bonchev–Trinajstić information content (AvgIpc) is 3.19. The molecule has 0 saturated carbocycles. The van der Waals surface area contributed by atoms with Crippen LogP contribution < -0.4 is 16.4 Å². The van der Waals surface area contributed by atoms with Crippen molar-refractivity contribution < 1.29 is 19.5 Å². The second kappa shape index (κ2) is 9.06. The van der Waals surface area contributed by atoms with Crippen LogP contribution >= 0.6 is 0 Å². The lowest BCUT2D eigenvalue weighted by molar-refractivity contribution is 0.165. The number of amidine groups is 1. The molecule has 0 radical (unpaired) electrons. The summed E-state index contributed by atoms with van der Waals surface area (Å²) in [4.78, 5) is 17.4. The Morgan fingerprint density at radius 1 is 1.31 bits per heavy atom. The van der Waals surface area contributed by atoms with Crippen LogP contribution in [-0.4, -0.2) is 60.9 Å². The first-order chi connectivity index (χ1) is 15.4. The van der Waals surface area contributed by atoms with Crippen LogP contribution in [0.1, 0.15) is 24.0 Å². The number of aromatic nitrogens is 3. The second-order valence-electron chi connectivity index (χ2n) is 7.55. The van der Waals surface area contributed by atoms with Crippen LogP contribution in [0.4, 0.5) is 20.7 Å². The van der Waals surface area contributed by atoms with Gasteiger partial charge in [-0.25, -0.2) is 18.7 Å². The van der Waals surface area contributed by atoms with E-state index in [1.54, 1.807) is 10.7 Å². The van der Waals surface area contributed by atoms with E-state index in [1.165, 1.54) is 24.5 Å². The molecule has 12 heteroatoms. The molecule has 0 atom stereocenters. The monoisotopic (exact) mass is 442 g/mol. The smallest absolute Gasteiger partial charge is 0.404 e. The number of nitrogens with zero attached hydrogens (tertiary/aromatic N) is 5. The predicted molar refractivity (Wildman–Crippen MR) is 115 cm³/mol. The van der Waals surface area contributed by atoms with E-state index in [-0.39, 0.29) is 17.6 Å². The van der Waals surface area contributed by atoms with Crippen LogP contribution in [-0.2, 0) is 6.54 Å². The largest absolute Gasteiger partial charge is 0.465 e. The van der Waals surface area contributed by atoms with Gasteiger partial charge in [-0.15, -0.1) is 0 Å². The van der Waals surface area contributed by atoms with Crippen LogP contribution in [0.25, 0.3) is 5.52 Å². The van der Waals surface area contributed by atoms with Crippen LogP contribution in [0.2, 0.25) is 0 Å². The maximum absolute atomic E-state index is 14.4. The standard InChI is InChI=1S/C20H23FN8O3/c21-15-2-1-12(18(22)27-32)9-16(15)26-19-17-13(3-8-29(17)24-11-23-19)10-28-6-4-14(5-7-28)25-20(30)31/h1-3,8-9,11,14,25,32H,4-7,10H2,(H2,22,27)(H,30,31)(H,23,24,26). The number of hydrogen-bond acceptors (Lipinski definition) is 7. The molecule has 168 valence electrons. The molecule has 1 saturated heterocycles. The SMILES string of the molecule is NC(=NO)c1ccc(F)c(Nc2ncnn3ccc(CN4CCC(NC(=O)O)CC4)c23)c1. The summed E-state index contributed by atoms with van der Waals surface area (Å²) >= 11 is 0. The molecule has 3 aromatic rings. The van der Waals surface area contributed by atoms with E-state index in [1.807, 2.05) is 6.07 Å². The number of anilines is 2. The molecular weight excluding hydrogens is 419 g/mol. The Hall–Kier alpha value is -3.93. The zero-order valence-corrected chi connectivity index (χ0v) is 17.1. The summed E-state index contributed by atoms with van der Waals surface area (Å²) < 4.78 is 16.1. The lowest BCUT2D eigenvalue weighted by Crippen LogP contribution is -2.43. The van der Waals surface area contributed by atoms with Crippen molar-refractivity contribution in [2.45, 2.75) is 25.4 Å². The van der Waals surface area contributed by atoms with Crippen molar-refractivity contribution in [3.8, 4) is 0 Å². The molecule has 6 N–H and O–H groups in total. The molecule has 1 amide bonds. The summed E-state index contributed by atoms with van der Waals surface area (Å²) in [5.74, 6) is -0.236. The minimum Gasteiger partial charge on any atom is -0.465 e. The van der Waals surface area contributed by atoms with Crippen molar-refractivity contribution in [3.63, 3.8) is 0 Å². The summed E-state index contributed by atoms with van der Waals surface area (Å²) in [5, 5.41) is 30.5. The van der Waals surface area contributed by atoms with Crippen molar-refractivity contribution in [2.24, 2.45) is 10.9 Å². The number of piperidine rings is 1. The Morgan fingerprint density at radius 2 is 2.09 bits per heavy atom. The topological polar surface area (TPSA) is 153 Å². The highest BCUT2D eigenvalue weighted by atomic mass is 19.1. The number of fused-ring (bicyclic) bond motifs is 1. The van der Waals surface area contributed by atoms with Gasteiger partial charge in [0.25, 0.3) is 0 Å². The highest BCUT2D eigenvalue weighted by Gasteiger charge is 2.22. The first kappa shape index (κ1) is 21.3. The lowest BCUT2D eigenvalue weighted by atomic mass is 10.0. The molecule has 1 aromatic carbocycles. The van der Waals surface area contributed by atoms with Gasteiger partial charge >= 0.3 is 6.09 Å². The van der Waals surface area contributed by atoms with Crippen LogP contribution in [0, 0.1) is 5.82 Å². The number of nitrogens with two attached hydrogens (primary N) is 1. The van der Waals surface area contributed by atoms with E-state index in [0.29, 0.717) is 23.4 Å². The fraction of sp³-hybridized carbons (Fsp3) is 0.300. The molecule has 1 fully saturated rings. The molecule has 2 aromatic heterocycles. The fourth-order valence-corrected chi connectivity index (χ4v) is 3.85. The van der Waals surface area contributed by atoms with Gasteiger partial charge in [0.05, 0.1) is 5.69 Å². The van der Waals surface area contributed by atoms with Crippen molar-refractivity contribution in [3.05, 3.63) is 53.7 Å². The number of carbonyl (C=O) groups is 1. The molecule has 1 aliphatic heterocycles. The van der Waals surface area contributed by atoms with Gasteiger partial charge in [-0.3, -0.25) is 4.90 Å². The Kier molecular flexibility index (Phi) is 6.03. The van der Waals surface area contributed by atoms with Gasteiger partial charge < -0.3 is 26.7 Å². The quantitative estimate of drug-likeness (QED) is 0.168. The maximum atomic E-state index is 14.4. The number of benzene rings is 1. The zero-order valence-electron chi connectivity index (χ0n) is 17.1. The van der Waals surface area contributed by atoms with Crippen LogP contribution in [0.15, 0.2) is 41.9 Å². The van der Waals surface area contributed by atoms with Gasteiger partial charge in [0.1, 0.15) is 17.7 Å². The normalized spacial score (nSPS) is 15.7. The number of likely N-dealkylation sites (tertiary alicyclic amines) is 1. The number of carboxylic acid groups (broad SMARTS) is 1. The zero-order chi connectivity index (χ0) is 22.7. The lowest BCUT2D eigenvalue weighted by Gasteiger charge is -2.31. The maximum Gasteiger partial charge on any atom is 0.404 e. The number of rotatable bonds is 6. The molecule has 3 heterocycles. The number of hydrogen-bond donors (Lipinski definition) is 5. The van der Waals surface area contributed by atoms with Gasteiger partial charge in [0.2, 0.25) is 0 Å². The molecule has 1 aliphatic rings. The van der Waals surface area contributed by atoms with Crippen LogP contribution in [0.5, 0.6) is 0 Å². The molecule has 0 unspecified atom stereocenters. The van der Waals surface area contributed by atoms with Gasteiger partial charge in [-0.05, 0) is 42.7 Å². The summed E-state index contributed by atoms with van der Waals surface area (Å²) in [7, 11) is 0. The van der Waals surface area contributed by atoms with E-state index >= 15 is 0 Å². The molecule has 11 nitrogen and oxygen atoms in total. The van der Waals surface area contributed by atoms with Gasteiger partial charge in [-0.1, -0.05) is 5.16 Å². The summed E-state index contributed by atoms with van der Waals surface area (Å²) in [6, 6.07) is 5.96. The summed E-state index contributed by atoms with van der Waals surface area (Å²) in [6.45, 7) is 2.11. The van der Waals surface area contributed by atoms with Crippen molar-refractivity contribution >= 4 is 29.0 Å². The highest BCUT2D eigenvalue weighted by Crippen LogP contribution is 2.27. The number of amides is 1. The van der Waals surface area contributed by atoms with Gasteiger partial charge in [0, 0.05) is 37.4 Å². The van der Waals surface area contributed by atoms with E-state index in [0.717, 1.165) is 31.5 Å². The van der Waals surface area contributed by atoms with Gasteiger partial charge in [-0.2, -0.15) is 5.10 Å². The first-order valence-corrected chi connectivity index (χ1v) is 10.0. The Labute approximate surface area is 182 Å². The van der Waals surface area contributed by atoms with Crippen molar-refractivity contribution in [1.82, 2.24) is 24.8 Å². The van der Waals surface area contributed by atoms with Crippen molar-refractivity contribution in [1.29, 1.82) is 0 Å². The Balaban J connectivity index is 1.56. The molecule has 32 heavy (non-hydrogen) atoms. The minimum absolute atomic E-state index is 0.0414. The van der Waals surface area contributed by atoms with E-state index in [2.05, 4.69) is 30.8 Å².